The average Bonchev–Trinajstić information content (AvgIpc) is 2.01. The fraction of sp³-hybridized carbons (Fsp3) is 0.500. The Kier molecular flexibility index (Phi) is 1.99. The summed E-state index contributed by atoms with van der Waals surface area (Å²) in [5.41, 5.74) is -1.94. The van der Waals surface area contributed by atoms with Gasteiger partial charge in [0.05, 0.1) is 0 Å². The van der Waals surface area contributed by atoms with Crippen LogP contribution in [0.3, 0.4) is 0 Å². The Hall–Kier alpha value is -1.59. The molecule has 0 aliphatic rings. The standard InChI is InChI=1S/C6H9N3O3/c1-3-9-5(11)7-4(10)8(2)6(9)12/h3H2,1-2H3,(H,7,10,11). The van der Waals surface area contributed by atoms with E-state index in [0.717, 1.165) is 9.13 Å². The van der Waals surface area contributed by atoms with Gasteiger partial charge < -0.3 is 0 Å². The van der Waals surface area contributed by atoms with Crippen LogP contribution in [0.1, 0.15) is 6.92 Å². The molecule has 0 amide bonds. The van der Waals surface area contributed by atoms with E-state index in [1.165, 1.54) is 7.05 Å². The molecule has 1 aromatic rings. The molecule has 0 bridgehead atoms. The van der Waals surface area contributed by atoms with E-state index in [1.54, 1.807) is 6.92 Å². The highest BCUT2D eigenvalue weighted by Crippen LogP contribution is 1.63. The van der Waals surface area contributed by atoms with Gasteiger partial charge in [0.25, 0.3) is 0 Å². The molecule has 0 unspecified atom stereocenters. The van der Waals surface area contributed by atoms with Gasteiger partial charge in [0.2, 0.25) is 0 Å². The van der Waals surface area contributed by atoms with Crippen LogP contribution in [0.2, 0.25) is 0 Å². The average molecular weight is 171 g/mol. The second-order valence-electron chi connectivity index (χ2n) is 2.32. The zero-order valence-corrected chi connectivity index (χ0v) is 6.83. The minimum Gasteiger partial charge on any atom is -0.259 e. The van der Waals surface area contributed by atoms with Gasteiger partial charge in [0.15, 0.2) is 0 Å². The number of hydrogen-bond donors (Lipinski definition) is 1. The number of nitrogens with one attached hydrogen (secondary N) is 1. The molecule has 0 saturated carbocycles. The Morgan fingerprint density at radius 2 is 1.83 bits per heavy atom. The molecular formula is C6H9N3O3. The quantitative estimate of drug-likeness (QED) is 0.544. The normalized spacial score (nSPS) is 10.2. The Labute approximate surface area is 67.1 Å². The smallest absolute Gasteiger partial charge is 0.259 e. The van der Waals surface area contributed by atoms with Crippen LogP contribution in [0.25, 0.3) is 0 Å². The fourth-order valence-corrected chi connectivity index (χ4v) is 0.876. The predicted molar refractivity (Wildman–Crippen MR) is 42.2 cm³/mol. The maximum Gasteiger partial charge on any atom is 0.336 e. The van der Waals surface area contributed by atoms with Crippen molar-refractivity contribution in [2.75, 3.05) is 0 Å². The Bertz CT molecular complexity index is 450. The van der Waals surface area contributed by atoms with E-state index in [2.05, 4.69) is 0 Å². The third-order valence-electron chi connectivity index (χ3n) is 1.60. The van der Waals surface area contributed by atoms with Crippen molar-refractivity contribution < 1.29 is 0 Å². The summed E-state index contributed by atoms with van der Waals surface area (Å²) >= 11 is 0. The minimum absolute atomic E-state index is 0.252. The second kappa shape index (κ2) is 2.80. The van der Waals surface area contributed by atoms with Crippen LogP contribution in [0.4, 0.5) is 0 Å². The van der Waals surface area contributed by atoms with Crippen molar-refractivity contribution in [2.24, 2.45) is 7.05 Å². The lowest BCUT2D eigenvalue weighted by molar-refractivity contribution is 0.572. The molecule has 1 rings (SSSR count). The molecule has 0 aromatic carbocycles. The number of rotatable bonds is 1. The van der Waals surface area contributed by atoms with Gasteiger partial charge in [-0.05, 0) is 6.92 Å². The SMILES string of the molecule is CCn1c(=O)[nH]c(=O)n(C)c1=O. The molecule has 66 valence electrons. The van der Waals surface area contributed by atoms with Crippen LogP contribution in [0.5, 0.6) is 0 Å². The van der Waals surface area contributed by atoms with Gasteiger partial charge in [0, 0.05) is 13.6 Å². The zero-order chi connectivity index (χ0) is 9.30. The molecule has 0 saturated heterocycles. The molecule has 0 aliphatic heterocycles. The maximum atomic E-state index is 11.1. The summed E-state index contributed by atoms with van der Waals surface area (Å²) in [6.45, 7) is 1.91. The predicted octanol–water partition coefficient (Wildman–Crippen LogP) is -1.74. The van der Waals surface area contributed by atoms with E-state index < -0.39 is 17.1 Å². The monoisotopic (exact) mass is 171 g/mol. The van der Waals surface area contributed by atoms with Gasteiger partial charge in [-0.1, -0.05) is 0 Å². The number of nitrogens with zero attached hydrogens (tertiary/aromatic N) is 2. The fourth-order valence-electron chi connectivity index (χ4n) is 0.876. The summed E-state index contributed by atoms with van der Waals surface area (Å²) in [7, 11) is 1.31. The van der Waals surface area contributed by atoms with Crippen molar-refractivity contribution in [3.05, 3.63) is 31.5 Å². The van der Waals surface area contributed by atoms with Gasteiger partial charge in [-0.2, -0.15) is 0 Å². The molecule has 0 atom stereocenters. The third-order valence-corrected chi connectivity index (χ3v) is 1.60. The first-order valence-corrected chi connectivity index (χ1v) is 3.48. The Morgan fingerprint density at radius 1 is 1.25 bits per heavy atom. The molecule has 1 aromatic heterocycles. The van der Waals surface area contributed by atoms with Crippen molar-refractivity contribution in [3.8, 4) is 0 Å². The van der Waals surface area contributed by atoms with Gasteiger partial charge >= 0.3 is 17.1 Å². The highest BCUT2D eigenvalue weighted by atomic mass is 16.2. The molecule has 0 spiro atoms. The molecular weight excluding hydrogens is 162 g/mol. The molecule has 0 aliphatic carbocycles. The number of aromatic amines is 1. The molecule has 6 heteroatoms. The van der Waals surface area contributed by atoms with E-state index in [9.17, 15) is 14.4 Å². The van der Waals surface area contributed by atoms with Gasteiger partial charge in [-0.25, -0.2) is 23.5 Å². The number of aromatic nitrogens is 3. The number of hydrogen-bond acceptors (Lipinski definition) is 3. The Morgan fingerprint density at radius 3 is 2.33 bits per heavy atom. The molecule has 1 N–H and O–H groups in total. The zero-order valence-electron chi connectivity index (χ0n) is 6.83. The summed E-state index contributed by atoms with van der Waals surface area (Å²) < 4.78 is 1.80. The van der Waals surface area contributed by atoms with Crippen molar-refractivity contribution >= 4 is 0 Å². The summed E-state index contributed by atoms with van der Waals surface area (Å²) in [5.74, 6) is 0. The van der Waals surface area contributed by atoms with Crippen LogP contribution in [-0.4, -0.2) is 14.1 Å². The van der Waals surface area contributed by atoms with Crippen molar-refractivity contribution in [2.45, 2.75) is 13.5 Å². The van der Waals surface area contributed by atoms with Crippen LogP contribution in [0, 0.1) is 0 Å². The summed E-state index contributed by atoms with van der Waals surface area (Å²) in [6.07, 6.45) is 0. The van der Waals surface area contributed by atoms with Crippen LogP contribution < -0.4 is 17.1 Å². The molecule has 6 nitrogen and oxygen atoms in total. The first kappa shape index (κ1) is 8.51. The van der Waals surface area contributed by atoms with Crippen molar-refractivity contribution in [3.63, 3.8) is 0 Å². The van der Waals surface area contributed by atoms with E-state index in [4.69, 9.17) is 0 Å². The summed E-state index contributed by atoms with van der Waals surface area (Å²) in [6, 6.07) is 0. The molecule has 12 heavy (non-hydrogen) atoms. The minimum atomic E-state index is -0.685. The van der Waals surface area contributed by atoms with Crippen molar-refractivity contribution in [1.82, 2.24) is 14.1 Å². The van der Waals surface area contributed by atoms with Crippen molar-refractivity contribution in [1.29, 1.82) is 0 Å². The molecule has 1 heterocycles. The van der Waals surface area contributed by atoms with Crippen LogP contribution in [-0.2, 0) is 13.6 Å². The van der Waals surface area contributed by atoms with E-state index in [0.29, 0.717) is 0 Å². The van der Waals surface area contributed by atoms with E-state index in [1.807, 2.05) is 4.98 Å². The summed E-state index contributed by atoms with van der Waals surface area (Å²) in [5, 5.41) is 0. The lowest BCUT2D eigenvalue weighted by Crippen LogP contribution is -2.47. The van der Waals surface area contributed by atoms with Gasteiger partial charge in [-0.3, -0.25) is 4.98 Å². The first-order chi connectivity index (χ1) is 5.57. The number of H-pyrrole nitrogens is 1. The Balaban J connectivity index is 3.76. The summed E-state index contributed by atoms with van der Waals surface area (Å²) in [4.78, 5) is 34.9. The largest absolute Gasteiger partial charge is 0.336 e. The third kappa shape index (κ3) is 1.11. The topological polar surface area (TPSA) is 76.9 Å². The van der Waals surface area contributed by atoms with E-state index >= 15 is 0 Å². The van der Waals surface area contributed by atoms with Crippen LogP contribution >= 0.6 is 0 Å². The van der Waals surface area contributed by atoms with Gasteiger partial charge in [-0.15, -0.1) is 0 Å². The highest BCUT2D eigenvalue weighted by molar-refractivity contribution is 4.71. The lowest BCUT2D eigenvalue weighted by Gasteiger charge is -2.00. The lowest BCUT2D eigenvalue weighted by atomic mass is 10.7. The highest BCUT2D eigenvalue weighted by Gasteiger charge is 2.02. The molecule has 0 radical (unpaired) electrons. The second-order valence-corrected chi connectivity index (χ2v) is 2.32. The van der Waals surface area contributed by atoms with Gasteiger partial charge in [0.1, 0.15) is 0 Å². The maximum absolute atomic E-state index is 11.1. The van der Waals surface area contributed by atoms with E-state index in [-0.39, 0.29) is 6.54 Å². The van der Waals surface area contributed by atoms with Crippen LogP contribution in [0.15, 0.2) is 14.4 Å². The first-order valence-electron chi connectivity index (χ1n) is 3.48. The molecule has 0 fully saturated rings.